The second kappa shape index (κ2) is 5.83. The first-order valence-corrected chi connectivity index (χ1v) is 5.33. The molecule has 17 heavy (non-hydrogen) atoms. The second-order valence-corrected chi connectivity index (χ2v) is 3.10. The zero-order valence-electron chi connectivity index (χ0n) is 10.3. The van der Waals surface area contributed by atoms with Gasteiger partial charge in [0.05, 0.1) is 0 Å². The number of anilines is 1. The van der Waals surface area contributed by atoms with Crippen LogP contribution in [0.25, 0.3) is 0 Å². The maximum Gasteiger partial charge on any atom is 0.279 e. The molecule has 0 aliphatic carbocycles. The van der Waals surface area contributed by atoms with Crippen LogP contribution in [0.1, 0.15) is 35.9 Å². The van der Waals surface area contributed by atoms with Gasteiger partial charge in [-0.05, 0) is 13.8 Å². The van der Waals surface area contributed by atoms with Crippen LogP contribution in [0, 0.1) is 13.8 Å². The fraction of sp³-hybridized carbons (Fsp3) is 0.364. The third-order valence-corrected chi connectivity index (χ3v) is 1.73. The van der Waals surface area contributed by atoms with E-state index in [2.05, 4.69) is 15.6 Å². The summed E-state index contributed by atoms with van der Waals surface area (Å²) in [6.07, 6.45) is 0. The number of aromatic nitrogens is 2. The first-order valence-electron chi connectivity index (χ1n) is 5.33. The van der Waals surface area contributed by atoms with Crippen LogP contribution < -0.4 is 5.32 Å². The van der Waals surface area contributed by atoms with E-state index in [0.29, 0.717) is 17.3 Å². The Bertz CT molecular complexity index is 488. The molecule has 0 aliphatic rings. The van der Waals surface area contributed by atoms with Gasteiger partial charge in [-0.1, -0.05) is 24.2 Å². The van der Waals surface area contributed by atoms with Gasteiger partial charge in [0.1, 0.15) is 11.5 Å². The molecule has 0 atom stereocenters. The van der Waals surface area contributed by atoms with Crippen molar-refractivity contribution in [1.29, 1.82) is 0 Å². The minimum absolute atomic E-state index is 0.216. The molecule has 0 aliphatic heterocycles. The summed E-state index contributed by atoms with van der Waals surface area (Å²) in [6, 6.07) is 3.16. The van der Waals surface area contributed by atoms with Gasteiger partial charge < -0.3 is 14.4 Å². The predicted octanol–water partition coefficient (Wildman–Crippen LogP) is 2.56. The van der Waals surface area contributed by atoms with E-state index in [4.69, 9.17) is 9.05 Å². The van der Waals surface area contributed by atoms with E-state index in [0.717, 1.165) is 0 Å². The molecule has 0 aromatic carbocycles. The zero-order valence-corrected chi connectivity index (χ0v) is 10.3. The lowest BCUT2D eigenvalue weighted by Gasteiger charge is -1.94. The van der Waals surface area contributed by atoms with Crippen LogP contribution in [-0.2, 0) is 0 Å². The summed E-state index contributed by atoms with van der Waals surface area (Å²) in [5, 5.41) is 9.72. The number of amides is 1. The van der Waals surface area contributed by atoms with Gasteiger partial charge in [-0.3, -0.25) is 4.79 Å². The standard InChI is InChI=1S/C9H9N3O3.C2H6/c1-5-3-7(11-14-5)9(13)10-8-4-6(2)15-12-8;1-2/h3-4H,1-2H3,(H,10,12,13);1-2H3. The SMILES string of the molecule is CC.Cc1cc(NC(=O)c2cc(C)on2)no1. The number of carbonyl (C=O) groups excluding carboxylic acids is 1. The van der Waals surface area contributed by atoms with Crippen LogP contribution in [0.2, 0.25) is 0 Å². The predicted molar refractivity (Wildman–Crippen MR) is 61.8 cm³/mol. The molecule has 2 heterocycles. The van der Waals surface area contributed by atoms with Gasteiger partial charge in [-0.15, -0.1) is 0 Å². The third kappa shape index (κ3) is 3.44. The van der Waals surface area contributed by atoms with E-state index in [-0.39, 0.29) is 11.6 Å². The van der Waals surface area contributed by atoms with Crippen LogP contribution in [0.15, 0.2) is 21.2 Å². The van der Waals surface area contributed by atoms with Crippen molar-refractivity contribution in [2.24, 2.45) is 0 Å². The Hall–Kier alpha value is -2.11. The van der Waals surface area contributed by atoms with Crippen molar-refractivity contribution in [3.05, 3.63) is 29.3 Å². The molecule has 1 N–H and O–H groups in total. The minimum Gasteiger partial charge on any atom is -0.361 e. The molecule has 6 nitrogen and oxygen atoms in total. The lowest BCUT2D eigenvalue weighted by atomic mass is 10.3. The summed E-state index contributed by atoms with van der Waals surface area (Å²) >= 11 is 0. The van der Waals surface area contributed by atoms with Crippen LogP contribution >= 0.6 is 0 Å². The number of nitrogens with one attached hydrogen (secondary N) is 1. The largest absolute Gasteiger partial charge is 0.361 e. The number of hydrogen-bond donors (Lipinski definition) is 1. The van der Waals surface area contributed by atoms with Crippen molar-refractivity contribution < 1.29 is 13.8 Å². The fourth-order valence-electron chi connectivity index (χ4n) is 1.08. The minimum atomic E-state index is -0.375. The molecule has 0 unspecified atom stereocenters. The maximum absolute atomic E-state index is 11.5. The Kier molecular flexibility index (Phi) is 4.45. The smallest absolute Gasteiger partial charge is 0.279 e. The Morgan fingerprint density at radius 1 is 1.12 bits per heavy atom. The average molecular weight is 237 g/mol. The van der Waals surface area contributed by atoms with Gasteiger partial charge in [-0.25, -0.2) is 0 Å². The lowest BCUT2D eigenvalue weighted by Crippen LogP contribution is -2.12. The molecule has 6 heteroatoms. The van der Waals surface area contributed by atoms with E-state index in [1.807, 2.05) is 13.8 Å². The first-order chi connectivity index (χ1) is 8.15. The third-order valence-electron chi connectivity index (χ3n) is 1.73. The van der Waals surface area contributed by atoms with Crippen molar-refractivity contribution in [3.8, 4) is 0 Å². The Morgan fingerprint density at radius 3 is 2.18 bits per heavy atom. The van der Waals surface area contributed by atoms with Crippen molar-refractivity contribution in [2.45, 2.75) is 27.7 Å². The van der Waals surface area contributed by atoms with Gasteiger partial charge in [-0.2, -0.15) is 0 Å². The molecule has 1 amide bonds. The summed E-state index contributed by atoms with van der Waals surface area (Å²) in [6.45, 7) is 7.45. The number of rotatable bonds is 2. The first kappa shape index (κ1) is 13.0. The summed E-state index contributed by atoms with van der Waals surface area (Å²) in [5.41, 5.74) is 0.216. The quantitative estimate of drug-likeness (QED) is 0.868. The Labute approximate surface area is 99.0 Å². The summed E-state index contributed by atoms with van der Waals surface area (Å²) in [7, 11) is 0. The molecular weight excluding hydrogens is 222 g/mol. The van der Waals surface area contributed by atoms with E-state index in [1.165, 1.54) is 0 Å². The van der Waals surface area contributed by atoms with E-state index in [9.17, 15) is 4.79 Å². The van der Waals surface area contributed by atoms with Crippen LogP contribution in [0.5, 0.6) is 0 Å². The second-order valence-electron chi connectivity index (χ2n) is 3.10. The molecule has 0 saturated heterocycles. The van der Waals surface area contributed by atoms with Crippen molar-refractivity contribution in [3.63, 3.8) is 0 Å². The summed E-state index contributed by atoms with van der Waals surface area (Å²) in [5.74, 6) is 1.19. The van der Waals surface area contributed by atoms with Crippen LogP contribution in [-0.4, -0.2) is 16.2 Å². The van der Waals surface area contributed by atoms with Crippen LogP contribution in [0.3, 0.4) is 0 Å². The van der Waals surface area contributed by atoms with E-state index in [1.54, 1.807) is 26.0 Å². The lowest BCUT2D eigenvalue weighted by molar-refractivity contribution is 0.101. The number of hydrogen-bond acceptors (Lipinski definition) is 5. The molecule has 0 fully saturated rings. The molecule has 0 spiro atoms. The molecule has 0 bridgehead atoms. The summed E-state index contributed by atoms with van der Waals surface area (Å²) in [4.78, 5) is 11.5. The van der Waals surface area contributed by atoms with E-state index < -0.39 is 0 Å². The van der Waals surface area contributed by atoms with Gasteiger partial charge in [0, 0.05) is 12.1 Å². The highest BCUT2D eigenvalue weighted by molar-refractivity contribution is 6.02. The summed E-state index contributed by atoms with van der Waals surface area (Å²) < 4.78 is 9.57. The van der Waals surface area contributed by atoms with Gasteiger partial charge >= 0.3 is 0 Å². The molecule has 0 saturated carbocycles. The van der Waals surface area contributed by atoms with Crippen LogP contribution in [0.4, 0.5) is 5.82 Å². The fourth-order valence-corrected chi connectivity index (χ4v) is 1.08. The Morgan fingerprint density at radius 2 is 1.71 bits per heavy atom. The number of nitrogens with zero attached hydrogens (tertiary/aromatic N) is 2. The van der Waals surface area contributed by atoms with Gasteiger partial charge in [0.2, 0.25) is 0 Å². The average Bonchev–Trinajstić information content (AvgIpc) is 2.91. The van der Waals surface area contributed by atoms with Crippen molar-refractivity contribution in [2.75, 3.05) is 5.32 Å². The maximum atomic E-state index is 11.5. The highest BCUT2D eigenvalue weighted by Crippen LogP contribution is 2.09. The topological polar surface area (TPSA) is 81.2 Å². The molecule has 0 radical (unpaired) electrons. The van der Waals surface area contributed by atoms with Crippen molar-refractivity contribution in [1.82, 2.24) is 10.3 Å². The normalized spacial score (nSPS) is 9.41. The highest BCUT2D eigenvalue weighted by Gasteiger charge is 2.12. The number of carbonyl (C=O) groups is 1. The van der Waals surface area contributed by atoms with Gasteiger partial charge in [0.25, 0.3) is 5.91 Å². The number of aryl methyl sites for hydroxylation is 2. The van der Waals surface area contributed by atoms with Crippen molar-refractivity contribution >= 4 is 11.7 Å². The molecule has 2 rings (SSSR count). The molecule has 2 aromatic rings. The Balaban J connectivity index is 0.000000686. The molecule has 92 valence electrons. The van der Waals surface area contributed by atoms with Gasteiger partial charge in [0.15, 0.2) is 11.5 Å². The highest BCUT2D eigenvalue weighted by atomic mass is 16.5. The van der Waals surface area contributed by atoms with E-state index >= 15 is 0 Å². The molecular formula is C11H15N3O3. The monoisotopic (exact) mass is 237 g/mol. The zero-order chi connectivity index (χ0) is 12.8. The molecule has 2 aromatic heterocycles.